The molecule has 3 aromatic rings. The van der Waals surface area contributed by atoms with Gasteiger partial charge in [-0.2, -0.15) is 4.98 Å². The van der Waals surface area contributed by atoms with E-state index in [9.17, 15) is 9.18 Å². The predicted octanol–water partition coefficient (Wildman–Crippen LogP) is 2.53. The summed E-state index contributed by atoms with van der Waals surface area (Å²) in [5, 5.41) is 3.93. The van der Waals surface area contributed by atoms with E-state index in [1.807, 2.05) is 30.3 Å². The second kappa shape index (κ2) is 7.23. The monoisotopic (exact) mass is 340 g/mol. The van der Waals surface area contributed by atoms with Crippen LogP contribution in [0.5, 0.6) is 0 Å². The highest BCUT2D eigenvalue weighted by molar-refractivity contribution is 5.81. The van der Waals surface area contributed by atoms with Crippen LogP contribution in [0.3, 0.4) is 0 Å². The Morgan fingerprint density at radius 2 is 2.00 bits per heavy atom. The standard InChI is InChI=1S/C18H17FN4O2/c1-23(16(17(20)24)13-8-5-9-14(19)10-13)11-15-21-18(25-22-15)12-6-3-2-4-7-12/h2-10,16H,11H2,1H3,(H2,20,24). The van der Waals surface area contributed by atoms with E-state index in [0.29, 0.717) is 17.3 Å². The van der Waals surface area contributed by atoms with Gasteiger partial charge in [-0.1, -0.05) is 35.5 Å². The minimum Gasteiger partial charge on any atom is -0.368 e. The largest absolute Gasteiger partial charge is 0.368 e. The first-order valence-electron chi connectivity index (χ1n) is 7.67. The molecule has 0 spiro atoms. The minimum atomic E-state index is -0.797. The topological polar surface area (TPSA) is 85.2 Å². The van der Waals surface area contributed by atoms with Gasteiger partial charge in [0.25, 0.3) is 5.89 Å². The third kappa shape index (κ3) is 3.89. The first-order chi connectivity index (χ1) is 12.0. The molecule has 7 heteroatoms. The van der Waals surface area contributed by atoms with Crippen LogP contribution in [0, 0.1) is 5.82 Å². The number of amides is 1. The number of likely N-dealkylation sites (N-methyl/N-ethyl adjacent to an activating group) is 1. The summed E-state index contributed by atoms with van der Waals surface area (Å²) in [6.07, 6.45) is 0. The molecule has 128 valence electrons. The first-order valence-corrected chi connectivity index (χ1v) is 7.67. The number of nitrogens with two attached hydrogens (primary N) is 1. The number of hydrogen-bond donors (Lipinski definition) is 1. The quantitative estimate of drug-likeness (QED) is 0.745. The molecule has 1 aromatic heterocycles. The molecule has 3 rings (SSSR count). The number of carbonyl (C=O) groups excluding carboxylic acids is 1. The lowest BCUT2D eigenvalue weighted by molar-refractivity contribution is -0.123. The molecule has 0 aliphatic rings. The second-order valence-electron chi connectivity index (χ2n) is 5.66. The van der Waals surface area contributed by atoms with Crippen molar-refractivity contribution in [3.63, 3.8) is 0 Å². The molecule has 1 atom stereocenters. The van der Waals surface area contributed by atoms with Crippen LogP contribution < -0.4 is 5.73 Å². The van der Waals surface area contributed by atoms with Crippen molar-refractivity contribution in [2.24, 2.45) is 5.73 Å². The maximum atomic E-state index is 13.5. The predicted molar refractivity (Wildman–Crippen MR) is 89.5 cm³/mol. The molecule has 1 amide bonds. The van der Waals surface area contributed by atoms with Crippen LogP contribution in [0.1, 0.15) is 17.4 Å². The highest BCUT2D eigenvalue weighted by Gasteiger charge is 2.24. The summed E-state index contributed by atoms with van der Waals surface area (Å²) < 4.78 is 18.7. The lowest BCUT2D eigenvalue weighted by Crippen LogP contribution is -2.35. The molecular weight excluding hydrogens is 323 g/mol. The molecule has 6 nitrogen and oxygen atoms in total. The number of halogens is 1. The van der Waals surface area contributed by atoms with Crippen LogP contribution in [-0.2, 0) is 11.3 Å². The van der Waals surface area contributed by atoms with Gasteiger partial charge < -0.3 is 10.3 Å². The third-order valence-corrected chi connectivity index (χ3v) is 3.75. The fourth-order valence-electron chi connectivity index (χ4n) is 2.64. The SMILES string of the molecule is CN(Cc1noc(-c2ccccc2)n1)C(C(N)=O)c1cccc(F)c1. The average molecular weight is 340 g/mol. The van der Waals surface area contributed by atoms with Crippen molar-refractivity contribution in [2.75, 3.05) is 7.05 Å². The van der Waals surface area contributed by atoms with E-state index in [-0.39, 0.29) is 6.54 Å². The molecule has 0 radical (unpaired) electrons. The lowest BCUT2D eigenvalue weighted by Gasteiger charge is -2.24. The zero-order chi connectivity index (χ0) is 17.8. The Kier molecular flexibility index (Phi) is 4.85. The molecule has 1 unspecified atom stereocenters. The van der Waals surface area contributed by atoms with E-state index in [2.05, 4.69) is 10.1 Å². The molecule has 0 fully saturated rings. The Labute approximate surface area is 144 Å². The molecule has 0 aliphatic carbocycles. The summed E-state index contributed by atoms with van der Waals surface area (Å²) >= 11 is 0. The Balaban J connectivity index is 1.79. The van der Waals surface area contributed by atoms with Crippen molar-refractivity contribution >= 4 is 5.91 Å². The second-order valence-corrected chi connectivity index (χ2v) is 5.66. The van der Waals surface area contributed by atoms with Gasteiger partial charge >= 0.3 is 0 Å². The van der Waals surface area contributed by atoms with Crippen molar-refractivity contribution in [2.45, 2.75) is 12.6 Å². The number of rotatable bonds is 6. The van der Waals surface area contributed by atoms with E-state index in [1.54, 1.807) is 18.0 Å². The fraction of sp³-hybridized carbons (Fsp3) is 0.167. The average Bonchev–Trinajstić information content (AvgIpc) is 3.04. The Hall–Kier alpha value is -3.06. The Morgan fingerprint density at radius 1 is 1.24 bits per heavy atom. The zero-order valence-electron chi connectivity index (χ0n) is 13.6. The maximum absolute atomic E-state index is 13.5. The smallest absolute Gasteiger partial charge is 0.257 e. The fourth-order valence-corrected chi connectivity index (χ4v) is 2.64. The van der Waals surface area contributed by atoms with Crippen molar-refractivity contribution in [3.05, 3.63) is 71.8 Å². The van der Waals surface area contributed by atoms with Crippen LogP contribution in [0.15, 0.2) is 59.1 Å². The number of nitrogens with zero attached hydrogens (tertiary/aromatic N) is 3. The van der Waals surface area contributed by atoms with Crippen LogP contribution in [0.25, 0.3) is 11.5 Å². The van der Waals surface area contributed by atoms with Crippen molar-refractivity contribution in [1.82, 2.24) is 15.0 Å². The lowest BCUT2D eigenvalue weighted by atomic mass is 10.0. The van der Waals surface area contributed by atoms with Crippen molar-refractivity contribution in [1.29, 1.82) is 0 Å². The first kappa shape index (κ1) is 16.8. The maximum Gasteiger partial charge on any atom is 0.257 e. The van der Waals surface area contributed by atoms with Gasteiger partial charge in [-0.05, 0) is 36.9 Å². The van der Waals surface area contributed by atoms with Crippen molar-refractivity contribution in [3.8, 4) is 11.5 Å². The number of primary amides is 1. The van der Waals surface area contributed by atoms with Gasteiger partial charge in [0.2, 0.25) is 5.91 Å². The molecule has 0 saturated heterocycles. The van der Waals surface area contributed by atoms with Gasteiger partial charge in [-0.3, -0.25) is 9.69 Å². The summed E-state index contributed by atoms with van der Waals surface area (Å²) in [6, 6.07) is 14.4. The van der Waals surface area contributed by atoms with E-state index in [0.717, 1.165) is 5.56 Å². The Bertz CT molecular complexity index is 866. The molecular formula is C18H17FN4O2. The highest BCUT2D eigenvalue weighted by Crippen LogP contribution is 2.22. The van der Waals surface area contributed by atoms with Gasteiger partial charge in [-0.15, -0.1) is 0 Å². The summed E-state index contributed by atoms with van der Waals surface area (Å²) in [5.74, 6) is -0.211. The molecule has 25 heavy (non-hydrogen) atoms. The van der Waals surface area contributed by atoms with E-state index in [1.165, 1.54) is 18.2 Å². The number of carbonyl (C=O) groups is 1. The molecule has 2 aromatic carbocycles. The van der Waals surface area contributed by atoms with Crippen LogP contribution in [-0.4, -0.2) is 28.0 Å². The normalized spacial score (nSPS) is 12.3. The van der Waals surface area contributed by atoms with Crippen LogP contribution in [0.4, 0.5) is 4.39 Å². The van der Waals surface area contributed by atoms with Gasteiger partial charge in [0.15, 0.2) is 5.82 Å². The number of hydrogen-bond acceptors (Lipinski definition) is 5. The Morgan fingerprint density at radius 3 is 2.68 bits per heavy atom. The van der Waals surface area contributed by atoms with Crippen LogP contribution >= 0.6 is 0 Å². The van der Waals surface area contributed by atoms with Gasteiger partial charge in [0, 0.05) is 5.56 Å². The minimum absolute atomic E-state index is 0.223. The molecule has 0 aliphatic heterocycles. The van der Waals surface area contributed by atoms with Crippen LogP contribution in [0.2, 0.25) is 0 Å². The number of benzene rings is 2. The molecule has 1 heterocycles. The third-order valence-electron chi connectivity index (χ3n) is 3.75. The number of aromatic nitrogens is 2. The molecule has 0 bridgehead atoms. The summed E-state index contributed by atoms with van der Waals surface area (Å²) in [5.41, 5.74) is 6.78. The van der Waals surface area contributed by atoms with Gasteiger partial charge in [0.1, 0.15) is 11.9 Å². The summed E-state index contributed by atoms with van der Waals surface area (Å²) in [7, 11) is 1.69. The van der Waals surface area contributed by atoms with Gasteiger partial charge in [0.05, 0.1) is 6.54 Å². The van der Waals surface area contributed by atoms with E-state index >= 15 is 0 Å². The summed E-state index contributed by atoms with van der Waals surface area (Å²) in [6.45, 7) is 0.223. The molecule has 2 N–H and O–H groups in total. The molecule has 0 saturated carbocycles. The van der Waals surface area contributed by atoms with Gasteiger partial charge in [-0.25, -0.2) is 4.39 Å². The van der Waals surface area contributed by atoms with E-state index < -0.39 is 17.8 Å². The van der Waals surface area contributed by atoms with E-state index in [4.69, 9.17) is 10.3 Å². The van der Waals surface area contributed by atoms with Crippen molar-refractivity contribution < 1.29 is 13.7 Å². The zero-order valence-corrected chi connectivity index (χ0v) is 13.6. The highest BCUT2D eigenvalue weighted by atomic mass is 19.1. The summed E-state index contributed by atoms with van der Waals surface area (Å²) in [4.78, 5) is 17.8.